The molecule has 0 N–H and O–H groups in total. The molecule has 0 aliphatic heterocycles. The van der Waals surface area contributed by atoms with E-state index in [1.807, 2.05) is 158 Å². The van der Waals surface area contributed by atoms with Gasteiger partial charge in [-0.25, -0.2) is 0 Å². The zero-order valence-corrected chi connectivity index (χ0v) is 35.6. The summed E-state index contributed by atoms with van der Waals surface area (Å²) in [4.78, 5) is 19.9. The van der Waals surface area contributed by atoms with Gasteiger partial charge in [0.1, 0.15) is 0 Å². The van der Waals surface area contributed by atoms with E-state index >= 15 is 0 Å². The van der Waals surface area contributed by atoms with Crippen molar-refractivity contribution in [1.29, 1.82) is 0 Å². The Labute approximate surface area is 368 Å². The Kier molecular flexibility index (Phi) is 14.9. The molecular formula is C52H34N4Pt2. The number of benzene rings is 6. The van der Waals surface area contributed by atoms with E-state index in [0.717, 1.165) is 78.0 Å². The third kappa shape index (κ3) is 10.2. The van der Waals surface area contributed by atoms with Crippen molar-refractivity contribution in [2.75, 3.05) is 0 Å². The number of hydrogen-bond donors (Lipinski definition) is 0. The van der Waals surface area contributed by atoms with E-state index in [2.05, 4.69) is 72.8 Å². The van der Waals surface area contributed by atoms with Gasteiger partial charge in [-0.05, 0) is 57.6 Å². The zero-order valence-electron chi connectivity index (χ0n) is 31.1. The minimum Gasteiger partial charge on any atom is -0.295 e. The van der Waals surface area contributed by atoms with Gasteiger partial charge in [0.25, 0.3) is 0 Å². The molecule has 0 spiro atoms. The van der Waals surface area contributed by atoms with E-state index in [1.54, 1.807) is 0 Å². The molecule has 4 heterocycles. The quantitative estimate of drug-likeness (QED) is 0.161. The number of fused-ring (bicyclic) bond motifs is 2. The van der Waals surface area contributed by atoms with Crippen LogP contribution in [0.3, 0.4) is 0 Å². The second kappa shape index (κ2) is 20.8. The van der Waals surface area contributed by atoms with Crippen molar-refractivity contribution in [3.63, 3.8) is 0 Å². The summed E-state index contributed by atoms with van der Waals surface area (Å²) in [7, 11) is 0. The number of pyridine rings is 4. The van der Waals surface area contributed by atoms with E-state index < -0.39 is 0 Å². The first-order valence-electron chi connectivity index (χ1n) is 18.3. The van der Waals surface area contributed by atoms with Crippen LogP contribution >= 0.6 is 0 Å². The molecular weight excluding hydrogens is 1070 g/mol. The number of hydrogen-bond acceptors (Lipinski definition) is 4. The summed E-state index contributed by atoms with van der Waals surface area (Å²) in [6.45, 7) is 0. The fraction of sp³-hybridized carbons (Fsp3) is 0. The first-order valence-corrected chi connectivity index (χ1v) is 18.3. The van der Waals surface area contributed by atoms with Gasteiger partial charge in [0.2, 0.25) is 0 Å². The Morgan fingerprint density at radius 3 is 1.09 bits per heavy atom. The van der Waals surface area contributed by atoms with E-state index in [4.69, 9.17) is 19.9 Å². The van der Waals surface area contributed by atoms with Crippen LogP contribution in [0.25, 0.3) is 78.0 Å². The molecule has 0 aliphatic carbocycles. The minimum absolute atomic E-state index is 0. The van der Waals surface area contributed by atoms with Crippen LogP contribution in [0.5, 0.6) is 0 Å². The second-order valence-corrected chi connectivity index (χ2v) is 12.7. The Morgan fingerprint density at radius 2 is 0.724 bits per heavy atom. The summed E-state index contributed by atoms with van der Waals surface area (Å²) in [5.41, 5.74) is 8.73. The van der Waals surface area contributed by atoms with Crippen LogP contribution in [0.15, 0.2) is 207 Å². The summed E-state index contributed by atoms with van der Waals surface area (Å²) in [5, 5.41) is 4.34. The van der Waals surface area contributed by atoms with Crippen molar-refractivity contribution < 1.29 is 42.1 Å². The third-order valence-electron chi connectivity index (χ3n) is 9.00. The van der Waals surface area contributed by atoms with E-state index in [9.17, 15) is 0 Å². The first-order chi connectivity index (χ1) is 27.8. The average Bonchev–Trinajstić information content (AvgIpc) is 3.30. The number of aromatic nitrogens is 4. The molecule has 10 aromatic rings. The van der Waals surface area contributed by atoms with Gasteiger partial charge in [0, 0.05) is 23.2 Å². The molecule has 0 atom stereocenters. The van der Waals surface area contributed by atoms with Gasteiger partial charge in [0.15, 0.2) is 0 Å². The Morgan fingerprint density at radius 1 is 0.345 bits per heavy atom. The van der Waals surface area contributed by atoms with Crippen LogP contribution in [0.4, 0.5) is 0 Å². The molecule has 0 aliphatic rings. The third-order valence-corrected chi connectivity index (χ3v) is 9.00. The molecule has 0 saturated heterocycles. The van der Waals surface area contributed by atoms with Gasteiger partial charge >= 0.3 is 42.1 Å². The number of rotatable bonds is 5. The Bertz CT molecular complexity index is 2540. The maximum absolute atomic E-state index is 5.12. The van der Waals surface area contributed by atoms with E-state index in [-0.39, 0.29) is 42.1 Å². The van der Waals surface area contributed by atoms with Crippen LogP contribution in [0, 0.1) is 24.3 Å². The molecule has 4 aromatic heterocycles. The normalized spacial score (nSPS) is 10.1. The van der Waals surface area contributed by atoms with Crippen molar-refractivity contribution in [2.24, 2.45) is 0 Å². The predicted molar refractivity (Wildman–Crippen MR) is 228 cm³/mol. The molecule has 282 valence electrons. The maximum atomic E-state index is 5.12. The minimum atomic E-state index is 0. The summed E-state index contributed by atoms with van der Waals surface area (Å²) in [6, 6.07) is 76.7. The van der Waals surface area contributed by atoms with Crippen LogP contribution in [0.2, 0.25) is 0 Å². The molecule has 10 rings (SSSR count). The Balaban J connectivity index is 0.000000349. The monoisotopic (exact) mass is 1100 g/mol. The van der Waals surface area contributed by atoms with Gasteiger partial charge in [-0.2, -0.15) is 72.8 Å². The second-order valence-electron chi connectivity index (χ2n) is 12.7. The molecule has 0 amide bonds. The van der Waals surface area contributed by atoms with Crippen LogP contribution < -0.4 is 0 Å². The van der Waals surface area contributed by atoms with Gasteiger partial charge in [0.05, 0.1) is 22.8 Å². The summed E-state index contributed by atoms with van der Waals surface area (Å²) in [5.74, 6) is 0. The van der Waals surface area contributed by atoms with Crippen molar-refractivity contribution in [1.82, 2.24) is 19.9 Å². The molecule has 6 heteroatoms. The summed E-state index contributed by atoms with van der Waals surface area (Å²) < 4.78 is 0. The van der Waals surface area contributed by atoms with E-state index in [0.29, 0.717) is 0 Å². The predicted octanol–water partition coefficient (Wildman–Crippen LogP) is 12.5. The molecule has 6 aromatic carbocycles. The van der Waals surface area contributed by atoms with Crippen molar-refractivity contribution >= 4 is 21.5 Å². The largest absolute Gasteiger partial charge is 2.00 e. The Hall–Kier alpha value is -6.18. The van der Waals surface area contributed by atoms with Crippen molar-refractivity contribution in [3.05, 3.63) is 231 Å². The molecule has 58 heavy (non-hydrogen) atoms. The van der Waals surface area contributed by atoms with Crippen molar-refractivity contribution in [3.8, 4) is 56.4 Å². The first kappa shape index (κ1) is 41.5. The van der Waals surface area contributed by atoms with Gasteiger partial charge in [-0.15, -0.1) is 71.8 Å². The van der Waals surface area contributed by atoms with Crippen LogP contribution in [-0.4, -0.2) is 19.9 Å². The van der Waals surface area contributed by atoms with Gasteiger partial charge < -0.3 is 0 Å². The molecule has 0 fully saturated rings. The molecule has 0 saturated carbocycles. The summed E-state index contributed by atoms with van der Waals surface area (Å²) in [6.07, 6.45) is 3.70. The van der Waals surface area contributed by atoms with Gasteiger partial charge in [-0.3, -0.25) is 19.9 Å². The fourth-order valence-corrected chi connectivity index (χ4v) is 6.35. The zero-order chi connectivity index (χ0) is 37.8. The van der Waals surface area contributed by atoms with Crippen molar-refractivity contribution in [2.45, 2.75) is 0 Å². The number of nitrogens with zero attached hydrogens (tertiary/aromatic N) is 4. The van der Waals surface area contributed by atoms with E-state index in [1.165, 1.54) is 0 Å². The molecule has 0 unspecified atom stereocenters. The maximum Gasteiger partial charge on any atom is 2.00 e. The van der Waals surface area contributed by atoms with Crippen LogP contribution in [0.1, 0.15) is 0 Å². The molecule has 0 bridgehead atoms. The standard InChI is InChI=1S/C40H24N4.2C6H5.2Pt/c1-3-13-29(14-4-1)35-23-31(25-37(43-35)39-33-17-9-7-11-27(33)19-21-41-39)32-24-36(30-15-5-2-6-16-30)44-38(26-32)40-34-18-10-8-12-28(34)20-22-42-40;2*1-2-4-6-5-3-1;;/h1-13,15,17-26H;2*1-5H;;/q-2;2*-1;2*+2. The average molecular weight is 1110 g/mol. The smallest absolute Gasteiger partial charge is 0.295 e. The van der Waals surface area contributed by atoms with Crippen LogP contribution in [-0.2, 0) is 42.1 Å². The molecule has 4 nitrogen and oxygen atoms in total. The SMILES string of the molecule is [Pt+2].[Pt+2].[c-]1ccccc1.[c-]1ccccc1.[c-]1ccccc1-c1cc(-c2cc(-c3[c-]cccc3)nc(-c3nccc4ccccc34)c2)cc(-c2nccc3ccccc23)n1. The molecule has 0 radical (unpaired) electrons. The van der Waals surface area contributed by atoms with Gasteiger partial charge in [-0.1, -0.05) is 60.7 Å². The fourth-order valence-electron chi connectivity index (χ4n) is 6.35. The topological polar surface area (TPSA) is 51.6 Å². The summed E-state index contributed by atoms with van der Waals surface area (Å²) >= 11 is 0.